The van der Waals surface area contributed by atoms with Crippen molar-refractivity contribution >= 4 is 34.3 Å². The van der Waals surface area contributed by atoms with E-state index in [4.69, 9.17) is 11.6 Å². The first-order valence-corrected chi connectivity index (χ1v) is 7.60. The molecule has 0 spiro atoms. The van der Waals surface area contributed by atoms with E-state index in [-0.39, 0.29) is 17.1 Å². The molecule has 0 saturated carbocycles. The van der Waals surface area contributed by atoms with Crippen molar-refractivity contribution in [1.29, 1.82) is 0 Å². The average Bonchev–Trinajstić information content (AvgIpc) is 2.63. The Morgan fingerprint density at radius 1 is 1.04 bits per heavy atom. The van der Waals surface area contributed by atoms with Crippen LogP contribution in [0.4, 0.5) is 0 Å². The van der Waals surface area contributed by atoms with Gasteiger partial charge in [0.15, 0.2) is 0 Å². The quantitative estimate of drug-likeness (QED) is 0.678. The second-order valence-electron chi connectivity index (χ2n) is 5.05. The Labute approximate surface area is 146 Å². The van der Waals surface area contributed by atoms with Crippen molar-refractivity contribution < 1.29 is 9.59 Å². The zero-order chi connectivity index (χ0) is 17.8. The van der Waals surface area contributed by atoms with Gasteiger partial charge in [0.2, 0.25) is 0 Å². The van der Waals surface area contributed by atoms with Crippen molar-refractivity contribution in [3.8, 4) is 0 Å². The minimum absolute atomic E-state index is 0.215. The van der Waals surface area contributed by atoms with Crippen LogP contribution >= 0.6 is 11.6 Å². The SMILES string of the molecule is O=C(Cn1nnc2ccccc2c1=O)NNC(=O)c1ccccc1Cl. The van der Waals surface area contributed by atoms with E-state index in [1.54, 1.807) is 42.5 Å². The number of benzene rings is 2. The van der Waals surface area contributed by atoms with Gasteiger partial charge in [-0.2, -0.15) is 0 Å². The Bertz CT molecular complexity index is 1020. The minimum atomic E-state index is -0.632. The summed E-state index contributed by atoms with van der Waals surface area (Å²) in [6.07, 6.45) is 0. The Hall–Kier alpha value is -3.26. The summed E-state index contributed by atoms with van der Waals surface area (Å²) in [5.74, 6) is -1.21. The summed E-state index contributed by atoms with van der Waals surface area (Å²) < 4.78 is 0.916. The van der Waals surface area contributed by atoms with Crippen LogP contribution in [0.5, 0.6) is 0 Å². The normalized spacial score (nSPS) is 10.4. The van der Waals surface area contributed by atoms with Gasteiger partial charge in [0.25, 0.3) is 17.4 Å². The van der Waals surface area contributed by atoms with Crippen LogP contribution in [0.25, 0.3) is 10.9 Å². The molecule has 0 aliphatic heterocycles. The van der Waals surface area contributed by atoms with Gasteiger partial charge in [0.05, 0.1) is 16.0 Å². The van der Waals surface area contributed by atoms with E-state index in [0.717, 1.165) is 4.68 Å². The first kappa shape index (κ1) is 16.6. The third kappa shape index (κ3) is 3.64. The summed E-state index contributed by atoms with van der Waals surface area (Å²) in [5, 5.41) is 8.19. The average molecular weight is 358 g/mol. The van der Waals surface area contributed by atoms with Gasteiger partial charge < -0.3 is 0 Å². The third-order valence-corrected chi connectivity index (χ3v) is 3.69. The number of halogens is 1. The van der Waals surface area contributed by atoms with Gasteiger partial charge in [-0.05, 0) is 24.3 Å². The molecule has 0 saturated heterocycles. The molecule has 2 amide bonds. The number of rotatable bonds is 3. The molecule has 1 aromatic heterocycles. The lowest BCUT2D eigenvalue weighted by Gasteiger charge is -2.09. The highest BCUT2D eigenvalue weighted by molar-refractivity contribution is 6.33. The molecule has 9 heteroatoms. The number of nitrogens with one attached hydrogen (secondary N) is 2. The molecule has 3 rings (SSSR count). The van der Waals surface area contributed by atoms with E-state index < -0.39 is 17.4 Å². The maximum absolute atomic E-state index is 12.2. The molecule has 2 N–H and O–H groups in total. The number of hydrogen-bond donors (Lipinski definition) is 2. The molecule has 0 atom stereocenters. The maximum Gasteiger partial charge on any atom is 0.278 e. The van der Waals surface area contributed by atoms with Gasteiger partial charge >= 0.3 is 0 Å². The fourth-order valence-electron chi connectivity index (χ4n) is 2.14. The fraction of sp³-hybridized carbons (Fsp3) is 0.0625. The van der Waals surface area contributed by atoms with Gasteiger partial charge in [0, 0.05) is 0 Å². The van der Waals surface area contributed by atoms with Crippen LogP contribution in [-0.4, -0.2) is 26.8 Å². The molecule has 0 bridgehead atoms. The molecule has 126 valence electrons. The highest BCUT2D eigenvalue weighted by Crippen LogP contribution is 2.14. The smallest absolute Gasteiger partial charge is 0.271 e. The van der Waals surface area contributed by atoms with Gasteiger partial charge in [-0.3, -0.25) is 25.2 Å². The molecule has 0 unspecified atom stereocenters. The van der Waals surface area contributed by atoms with Crippen LogP contribution in [0.3, 0.4) is 0 Å². The molecule has 0 aliphatic carbocycles. The largest absolute Gasteiger partial charge is 0.278 e. The first-order chi connectivity index (χ1) is 12.1. The van der Waals surface area contributed by atoms with Crippen LogP contribution < -0.4 is 16.4 Å². The van der Waals surface area contributed by atoms with E-state index in [1.807, 2.05) is 0 Å². The summed E-state index contributed by atoms with van der Waals surface area (Å²) >= 11 is 5.90. The monoisotopic (exact) mass is 357 g/mol. The standard InChI is InChI=1S/C16H12ClN5O3/c17-12-7-3-1-5-10(12)15(24)20-19-14(23)9-22-16(25)11-6-2-4-8-13(11)18-21-22/h1-8H,9H2,(H,19,23)(H,20,24). The fourth-order valence-corrected chi connectivity index (χ4v) is 2.36. The Morgan fingerprint density at radius 2 is 1.76 bits per heavy atom. The number of carbonyl (C=O) groups is 2. The van der Waals surface area contributed by atoms with Gasteiger partial charge in [-0.15, -0.1) is 5.10 Å². The van der Waals surface area contributed by atoms with E-state index >= 15 is 0 Å². The van der Waals surface area contributed by atoms with Crippen molar-refractivity contribution in [3.63, 3.8) is 0 Å². The topological polar surface area (TPSA) is 106 Å². The van der Waals surface area contributed by atoms with Crippen LogP contribution in [0.2, 0.25) is 5.02 Å². The lowest BCUT2D eigenvalue weighted by atomic mass is 10.2. The van der Waals surface area contributed by atoms with Crippen molar-refractivity contribution in [2.24, 2.45) is 0 Å². The first-order valence-electron chi connectivity index (χ1n) is 7.22. The molecule has 25 heavy (non-hydrogen) atoms. The molecule has 3 aromatic rings. The second-order valence-corrected chi connectivity index (χ2v) is 5.46. The molecule has 0 aliphatic rings. The van der Waals surface area contributed by atoms with E-state index in [0.29, 0.717) is 10.9 Å². The summed E-state index contributed by atoms with van der Waals surface area (Å²) in [4.78, 5) is 36.1. The van der Waals surface area contributed by atoms with E-state index in [2.05, 4.69) is 21.2 Å². The highest BCUT2D eigenvalue weighted by atomic mass is 35.5. The van der Waals surface area contributed by atoms with Crippen LogP contribution in [-0.2, 0) is 11.3 Å². The zero-order valence-electron chi connectivity index (χ0n) is 12.8. The number of hydrogen-bond acceptors (Lipinski definition) is 5. The van der Waals surface area contributed by atoms with E-state index in [1.165, 1.54) is 6.07 Å². The van der Waals surface area contributed by atoms with Crippen LogP contribution in [0, 0.1) is 0 Å². The number of hydrazine groups is 1. The third-order valence-electron chi connectivity index (χ3n) is 3.36. The summed E-state index contributed by atoms with van der Waals surface area (Å²) in [6.45, 7) is -0.389. The predicted molar refractivity (Wildman–Crippen MR) is 90.9 cm³/mol. The Morgan fingerprint density at radius 3 is 2.56 bits per heavy atom. The van der Waals surface area contributed by atoms with Crippen LogP contribution in [0.1, 0.15) is 10.4 Å². The molecule has 0 radical (unpaired) electrons. The molecule has 2 aromatic carbocycles. The van der Waals surface area contributed by atoms with Crippen molar-refractivity contribution in [1.82, 2.24) is 25.8 Å². The van der Waals surface area contributed by atoms with E-state index in [9.17, 15) is 14.4 Å². The molecule has 8 nitrogen and oxygen atoms in total. The summed E-state index contributed by atoms with van der Waals surface area (Å²) in [6, 6.07) is 13.1. The number of fused-ring (bicyclic) bond motifs is 1. The van der Waals surface area contributed by atoms with Crippen molar-refractivity contribution in [2.75, 3.05) is 0 Å². The maximum atomic E-state index is 12.2. The Balaban J connectivity index is 1.67. The number of carbonyl (C=O) groups excluding carboxylic acids is 2. The van der Waals surface area contributed by atoms with Gasteiger partial charge in [0.1, 0.15) is 12.1 Å². The molecular weight excluding hydrogens is 346 g/mol. The summed E-state index contributed by atoms with van der Waals surface area (Å²) in [5.41, 5.74) is 4.65. The number of amides is 2. The molecule has 0 fully saturated rings. The second kappa shape index (κ2) is 7.10. The lowest BCUT2D eigenvalue weighted by molar-refractivity contribution is -0.122. The zero-order valence-corrected chi connectivity index (χ0v) is 13.5. The Kier molecular flexibility index (Phi) is 4.71. The number of nitrogens with zero attached hydrogens (tertiary/aromatic N) is 3. The van der Waals surface area contributed by atoms with Crippen molar-refractivity contribution in [3.05, 3.63) is 69.5 Å². The van der Waals surface area contributed by atoms with Crippen LogP contribution in [0.15, 0.2) is 53.3 Å². The highest BCUT2D eigenvalue weighted by Gasteiger charge is 2.12. The minimum Gasteiger partial charge on any atom is -0.271 e. The lowest BCUT2D eigenvalue weighted by Crippen LogP contribution is -2.44. The summed E-state index contributed by atoms with van der Waals surface area (Å²) in [7, 11) is 0. The van der Waals surface area contributed by atoms with Crippen molar-refractivity contribution in [2.45, 2.75) is 6.54 Å². The number of aromatic nitrogens is 3. The van der Waals surface area contributed by atoms with Gasteiger partial charge in [-0.1, -0.05) is 41.1 Å². The molecule has 1 heterocycles. The molecular formula is C16H12ClN5O3. The predicted octanol–water partition coefficient (Wildman–Crippen LogP) is 0.906. The van der Waals surface area contributed by atoms with Gasteiger partial charge in [-0.25, -0.2) is 4.68 Å².